The van der Waals surface area contributed by atoms with Gasteiger partial charge in [0, 0.05) is 23.5 Å². The Bertz CT molecular complexity index is 728. The minimum Gasteiger partial charge on any atom is -0.480 e. The largest absolute Gasteiger partial charge is 0.480 e. The molecule has 4 nitrogen and oxygen atoms in total. The van der Waals surface area contributed by atoms with Crippen molar-refractivity contribution in [3.8, 4) is 0 Å². The molecule has 1 unspecified atom stereocenters. The number of aliphatic carboxylic acids is 1. The van der Waals surface area contributed by atoms with Gasteiger partial charge in [0.15, 0.2) is 5.78 Å². The number of carbonyl (C=O) groups excluding carboxylic acids is 2. The summed E-state index contributed by atoms with van der Waals surface area (Å²) in [5, 5.41) is 9.19. The molecule has 5 heteroatoms. The first-order valence-corrected chi connectivity index (χ1v) is 11.3. The lowest BCUT2D eigenvalue weighted by Crippen LogP contribution is -2.55. The fourth-order valence-electron chi connectivity index (χ4n) is 6.73. The summed E-state index contributed by atoms with van der Waals surface area (Å²) in [7, 11) is 0. The van der Waals surface area contributed by atoms with E-state index in [1.807, 2.05) is 6.08 Å². The second-order valence-electron chi connectivity index (χ2n) is 9.62. The van der Waals surface area contributed by atoms with E-state index in [9.17, 15) is 19.5 Å². The molecule has 3 fully saturated rings. The van der Waals surface area contributed by atoms with E-state index in [2.05, 4.69) is 13.8 Å². The number of Topliss-reactive ketones (excluding diaryl/α,β-unsaturated/α-hetero) is 1. The molecule has 0 spiro atoms. The highest BCUT2D eigenvalue weighted by atomic mass is 32.2. The van der Waals surface area contributed by atoms with Crippen LogP contribution in [0.4, 0.5) is 0 Å². The zero-order valence-corrected chi connectivity index (χ0v) is 17.3. The van der Waals surface area contributed by atoms with Gasteiger partial charge < -0.3 is 5.11 Å². The highest BCUT2D eigenvalue weighted by Crippen LogP contribution is 2.66. The second kappa shape index (κ2) is 6.47. The van der Waals surface area contributed by atoms with Crippen molar-refractivity contribution in [2.75, 3.05) is 0 Å². The van der Waals surface area contributed by atoms with E-state index in [4.69, 9.17) is 0 Å². The van der Waals surface area contributed by atoms with E-state index in [1.54, 1.807) is 18.7 Å². The molecule has 0 amide bonds. The Hall–Kier alpha value is -1.10. The highest BCUT2D eigenvalue weighted by molar-refractivity contribution is 8.01. The Morgan fingerprint density at radius 3 is 2.56 bits per heavy atom. The van der Waals surface area contributed by atoms with Crippen molar-refractivity contribution in [1.29, 1.82) is 0 Å². The van der Waals surface area contributed by atoms with Crippen molar-refractivity contribution in [3.63, 3.8) is 0 Å². The van der Waals surface area contributed by atoms with Crippen LogP contribution in [0.2, 0.25) is 0 Å². The smallest absolute Gasteiger partial charge is 0.316 e. The lowest BCUT2D eigenvalue weighted by Gasteiger charge is -2.59. The van der Waals surface area contributed by atoms with Crippen LogP contribution in [-0.2, 0) is 14.4 Å². The number of carboxylic acids is 1. The van der Waals surface area contributed by atoms with Crippen LogP contribution in [0, 0.1) is 28.6 Å². The molecular weight excluding hydrogens is 360 g/mol. The number of fused-ring (bicyclic) bond motifs is 5. The first kappa shape index (κ1) is 19.2. The van der Waals surface area contributed by atoms with E-state index in [0.29, 0.717) is 36.4 Å². The number of carbonyl (C=O) groups is 3. The van der Waals surface area contributed by atoms with Crippen LogP contribution < -0.4 is 0 Å². The SMILES string of the molecule is CC(S[C@@H]1CC2=CC(=O)CC[C@]2(C)[C@H]2CC[C@]3(C)C(=O)CC[C@H]3[C@H]12)C(=O)O. The molecule has 1 N–H and O–H groups in total. The molecule has 148 valence electrons. The molecule has 4 aliphatic carbocycles. The van der Waals surface area contributed by atoms with Gasteiger partial charge in [-0.1, -0.05) is 19.4 Å². The van der Waals surface area contributed by atoms with Crippen LogP contribution in [0.25, 0.3) is 0 Å². The summed E-state index contributed by atoms with van der Waals surface area (Å²) in [5.41, 5.74) is 1.05. The number of rotatable bonds is 3. The molecule has 0 saturated heterocycles. The minimum absolute atomic E-state index is 0.0368. The molecule has 0 aromatic carbocycles. The van der Waals surface area contributed by atoms with Gasteiger partial charge in [-0.05, 0) is 68.3 Å². The molecule has 0 heterocycles. The van der Waals surface area contributed by atoms with Gasteiger partial charge >= 0.3 is 5.97 Å². The zero-order chi connectivity index (χ0) is 19.6. The molecule has 4 rings (SSSR count). The summed E-state index contributed by atoms with van der Waals surface area (Å²) >= 11 is 1.56. The molecule has 0 aromatic heterocycles. The average Bonchev–Trinajstić information content (AvgIpc) is 2.91. The van der Waals surface area contributed by atoms with Crippen LogP contribution in [0.1, 0.15) is 65.7 Å². The van der Waals surface area contributed by atoms with Crippen molar-refractivity contribution in [1.82, 2.24) is 0 Å². The van der Waals surface area contributed by atoms with Gasteiger partial charge in [-0.25, -0.2) is 0 Å². The van der Waals surface area contributed by atoms with E-state index < -0.39 is 11.2 Å². The number of ketones is 2. The molecule has 3 saturated carbocycles. The fourth-order valence-corrected chi connectivity index (χ4v) is 8.21. The maximum atomic E-state index is 12.7. The van der Waals surface area contributed by atoms with E-state index in [1.165, 1.54) is 5.57 Å². The van der Waals surface area contributed by atoms with Crippen molar-refractivity contribution in [2.45, 2.75) is 76.2 Å². The zero-order valence-electron chi connectivity index (χ0n) is 16.5. The summed E-state index contributed by atoms with van der Waals surface area (Å²) in [6.45, 7) is 6.24. The highest BCUT2D eigenvalue weighted by Gasteiger charge is 2.61. The van der Waals surface area contributed by atoms with Crippen molar-refractivity contribution < 1.29 is 19.5 Å². The number of allylic oxidation sites excluding steroid dienone is 1. The quantitative estimate of drug-likeness (QED) is 0.779. The summed E-state index contributed by atoms with van der Waals surface area (Å²) in [6.07, 6.45) is 7.77. The average molecular weight is 391 g/mol. The van der Waals surface area contributed by atoms with Crippen molar-refractivity contribution >= 4 is 29.3 Å². The molecular formula is C22H30O4S. The number of hydrogen-bond donors (Lipinski definition) is 1. The lowest BCUT2D eigenvalue weighted by molar-refractivity contribution is -0.136. The molecule has 4 aliphatic rings. The van der Waals surface area contributed by atoms with E-state index in [0.717, 1.165) is 32.1 Å². The predicted octanol–water partition coefficient (Wildman–Crippen LogP) is 4.27. The van der Waals surface area contributed by atoms with Gasteiger partial charge in [0.05, 0.1) is 5.25 Å². The minimum atomic E-state index is -0.778. The maximum absolute atomic E-state index is 12.7. The number of thioether (sulfide) groups is 1. The first-order chi connectivity index (χ1) is 12.7. The third-order valence-electron chi connectivity index (χ3n) is 8.40. The summed E-state index contributed by atoms with van der Waals surface area (Å²) < 4.78 is 0. The summed E-state index contributed by atoms with van der Waals surface area (Å²) in [4.78, 5) is 36.3. The monoisotopic (exact) mass is 390 g/mol. The van der Waals surface area contributed by atoms with Crippen LogP contribution in [0.15, 0.2) is 11.6 Å². The summed E-state index contributed by atoms with van der Waals surface area (Å²) in [6, 6.07) is 0. The topological polar surface area (TPSA) is 71.4 Å². The third kappa shape index (κ3) is 2.83. The second-order valence-corrected chi connectivity index (χ2v) is 11.2. The third-order valence-corrected chi connectivity index (χ3v) is 9.84. The Kier molecular flexibility index (Phi) is 4.60. The molecule has 0 radical (unpaired) electrons. The van der Waals surface area contributed by atoms with Gasteiger partial charge in [0.1, 0.15) is 5.78 Å². The first-order valence-electron chi connectivity index (χ1n) is 10.3. The summed E-state index contributed by atoms with van der Waals surface area (Å²) in [5.74, 6) is 1.03. The van der Waals surface area contributed by atoms with Gasteiger partial charge in [-0.3, -0.25) is 14.4 Å². The van der Waals surface area contributed by atoms with Crippen LogP contribution in [-0.4, -0.2) is 33.1 Å². The molecule has 0 aromatic rings. The number of carboxylic acid groups (broad SMARTS) is 1. The van der Waals surface area contributed by atoms with Crippen LogP contribution >= 0.6 is 11.8 Å². The molecule has 27 heavy (non-hydrogen) atoms. The maximum Gasteiger partial charge on any atom is 0.316 e. The van der Waals surface area contributed by atoms with Crippen LogP contribution in [0.5, 0.6) is 0 Å². The lowest BCUT2D eigenvalue weighted by atomic mass is 9.47. The van der Waals surface area contributed by atoms with Crippen molar-refractivity contribution in [2.24, 2.45) is 28.6 Å². The molecule has 0 bridgehead atoms. The molecule has 7 atom stereocenters. The standard InChI is InChI=1S/C22H30O4S/c1-12(20(25)26)27-17-11-13-10-14(23)6-8-21(13,2)16-7-9-22(3)15(19(16)17)4-5-18(22)24/h10,12,15-17,19H,4-9,11H2,1-3H3,(H,25,26)/t12?,15-,16-,17+,19-,21-,22-/m0/s1. The number of hydrogen-bond acceptors (Lipinski definition) is 4. The van der Waals surface area contributed by atoms with Gasteiger partial charge in [-0.2, -0.15) is 0 Å². The van der Waals surface area contributed by atoms with E-state index in [-0.39, 0.29) is 21.9 Å². The Labute approximate surface area is 165 Å². The normalized spacial score (nSPS) is 44.8. The van der Waals surface area contributed by atoms with Gasteiger partial charge in [0.25, 0.3) is 0 Å². The van der Waals surface area contributed by atoms with Crippen molar-refractivity contribution in [3.05, 3.63) is 11.6 Å². The predicted molar refractivity (Wildman–Crippen MR) is 106 cm³/mol. The Morgan fingerprint density at radius 1 is 1.15 bits per heavy atom. The van der Waals surface area contributed by atoms with E-state index >= 15 is 0 Å². The fraction of sp³-hybridized carbons (Fsp3) is 0.773. The Balaban J connectivity index is 1.75. The van der Waals surface area contributed by atoms with Gasteiger partial charge in [-0.15, -0.1) is 11.8 Å². The van der Waals surface area contributed by atoms with Gasteiger partial charge in [0.2, 0.25) is 0 Å². The van der Waals surface area contributed by atoms with Crippen LogP contribution in [0.3, 0.4) is 0 Å². The molecule has 0 aliphatic heterocycles. The Morgan fingerprint density at radius 2 is 1.85 bits per heavy atom.